The second-order valence-corrected chi connectivity index (χ2v) is 8.21. The molecule has 1 N–H and O–H groups in total. The second kappa shape index (κ2) is 9.71. The molecule has 0 radical (unpaired) electrons. The molecule has 0 fully saturated rings. The van der Waals surface area contributed by atoms with Crippen molar-refractivity contribution in [1.82, 2.24) is 14.3 Å². The van der Waals surface area contributed by atoms with Crippen molar-refractivity contribution >= 4 is 34.2 Å². The van der Waals surface area contributed by atoms with Crippen LogP contribution in [0.3, 0.4) is 0 Å². The molecule has 0 spiro atoms. The summed E-state index contributed by atoms with van der Waals surface area (Å²) in [5, 5.41) is 18.0. The van der Waals surface area contributed by atoms with Gasteiger partial charge < -0.3 is 9.88 Å². The number of hydrogen-bond acceptors (Lipinski definition) is 3. The number of carbonyl (C=O) groups is 1. The van der Waals surface area contributed by atoms with Crippen molar-refractivity contribution in [3.8, 4) is 6.07 Å². The lowest BCUT2D eigenvalue weighted by Gasteiger charge is -2.07. The van der Waals surface area contributed by atoms with Crippen LogP contribution >= 0.6 is 11.6 Å². The minimum Gasteiger partial charge on any atom is -0.343 e. The number of benzene rings is 2. The Morgan fingerprint density at radius 2 is 1.97 bits per heavy atom. The predicted octanol–water partition coefficient (Wildman–Crippen LogP) is 5.33. The number of para-hydroxylation sites is 1. The molecule has 2 heterocycles. The highest BCUT2D eigenvalue weighted by molar-refractivity contribution is 6.30. The van der Waals surface area contributed by atoms with E-state index in [4.69, 9.17) is 16.9 Å². The molecule has 6 nitrogen and oxygen atoms in total. The number of fused-ring (bicyclic) bond motifs is 1. The Kier molecular flexibility index (Phi) is 6.58. The van der Waals surface area contributed by atoms with Crippen molar-refractivity contribution in [1.29, 1.82) is 5.26 Å². The Labute approximate surface area is 192 Å². The van der Waals surface area contributed by atoms with Crippen LogP contribution in [-0.2, 0) is 24.3 Å². The van der Waals surface area contributed by atoms with E-state index in [1.807, 2.05) is 49.4 Å². The summed E-state index contributed by atoms with van der Waals surface area (Å²) in [6.45, 7) is 3.06. The fraction of sp³-hybridized carbons (Fsp3) is 0.240. The average molecular weight is 446 g/mol. The summed E-state index contributed by atoms with van der Waals surface area (Å²) in [4.78, 5) is 12.7. The molecule has 2 aromatic heterocycles. The number of nitrogens with one attached hydrogen (secondary N) is 1. The lowest BCUT2D eigenvalue weighted by Crippen LogP contribution is -2.16. The number of nitrogens with zero attached hydrogens (tertiary/aromatic N) is 4. The fourth-order valence-electron chi connectivity index (χ4n) is 3.87. The van der Waals surface area contributed by atoms with E-state index in [0.29, 0.717) is 31.6 Å². The van der Waals surface area contributed by atoms with Gasteiger partial charge in [-0.25, -0.2) is 4.68 Å². The molecule has 32 heavy (non-hydrogen) atoms. The third-order valence-corrected chi connectivity index (χ3v) is 5.62. The van der Waals surface area contributed by atoms with Gasteiger partial charge in [-0.05, 0) is 42.7 Å². The molecule has 0 aliphatic carbocycles. The van der Waals surface area contributed by atoms with Crippen LogP contribution in [0, 0.1) is 18.3 Å². The summed E-state index contributed by atoms with van der Waals surface area (Å²) in [6, 6.07) is 20.0. The Bertz CT molecular complexity index is 1280. The first-order chi connectivity index (χ1) is 15.5. The van der Waals surface area contributed by atoms with E-state index in [-0.39, 0.29) is 5.91 Å². The van der Waals surface area contributed by atoms with Crippen molar-refractivity contribution in [2.24, 2.45) is 0 Å². The zero-order valence-corrected chi connectivity index (χ0v) is 18.6. The Morgan fingerprint density at radius 1 is 1.19 bits per heavy atom. The first kappa shape index (κ1) is 21.7. The van der Waals surface area contributed by atoms with E-state index in [1.54, 1.807) is 4.68 Å². The summed E-state index contributed by atoms with van der Waals surface area (Å²) in [7, 11) is 0. The van der Waals surface area contributed by atoms with Gasteiger partial charge in [0, 0.05) is 41.2 Å². The molecular weight excluding hydrogens is 422 g/mol. The van der Waals surface area contributed by atoms with Crippen LogP contribution in [0.25, 0.3) is 10.9 Å². The molecule has 4 aromatic rings. The molecule has 0 bridgehead atoms. The van der Waals surface area contributed by atoms with Crippen molar-refractivity contribution in [2.45, 2.75) is 39.3 Å². The maximum Gasteiger partial charge on any atom is 0.225 e. The summed E-state index contributed by atoms with van der Waals surface area (Å²) < 4.78 is 3.89. The number of nitriles is 1. The van der Waals surface area contributed by atoms with Gasteiger partial charge in [-0.3, -0.25) is 4.79 Å². The maximum absolute atomic E-state index is 12.7. The zero-order valence-electron chi connectivity index (χ0n) is 17.9. The zero-order chi connectivity index (χ0) is 22.5. The Hall–Kier alpha value is -3.56. The molecule has 0 aliphatic rings. The van der Waals surface area contributed by atoms with Gasteiger partial charge in [0.1, 0.15) is 5.82 Å². The van der Waals surface area contributed by atoms with E-state index >= 15 is 0 Å². The first-order valence-corrected chi connectivity index (χ1v) is 10.9. The number of hydrogen-bond donors (Lipinski definition) is 1. The minimum atomic E-state index is -0.0716. The quantitative estimate of drug-likeness (QED) is 0.398. The highest BCUT2D eigenvalue weighted by Gasteiger charge is 2.13. The Morgan fingerprint density at radius 3 is 2.75 bits per heavy atom. The van der Waals surface area contributed by atoms with Crippen molar-refractivity contribution in [3.05, 3.63) is 82.6 Å². The lowest BCUT2D eigenvalue weighted by molar-refractivity contribution is -0.116. The van der Waals surface area contributed by atoms with Crippen molar-refractivity contribution < 1.29 is 4.79 Å². The summed E-state index contributed by atoms with van der Waals surface area (Å²) in [5.74, 6) is 0.561. The standard InChI is InChI=1S/C25H24ClN5O/c1-18-15-24(31(29-18)14-4-13-27)28-25(32)12-9-20-17-30(23-6-3-2-5-22(20)23)16-19-7-10-21(26)11-8-19/h2-3,5-8,10-11,15,17H,4,9,12,14,16H2,1H3,(H,28,32). The van der Waals surface area contributed by atoms with Crippen LogP contribution in [0.5, 0.6) is 0 Å². The normalized spacial score (nSPS) is 10.9. The highest BCUT2D eigenvalue weighted by atomic mass is 35.5. The van der Waals surface area contributed by atoms with Crippen LogP contribution in [0.4, 0.5) is 5.82 Å². The van der Waals surface area contributed by atoms with E-state index < -0.39 is 0 Å². The fourth-order valence-corrected chi connectivity index (χ4v) is 3.99. The van der Waals surface area contributed by atoms with Crippen LogP contribution < -0.4 is 5.32 Å². The second-order valence-electron chi connectivity index (χ2n) is 7.78. The number of aromatic nitrogens is 3. The summed E-state index contributed by atoms with van der Waals surface area (Å²) >= 11 is 6.01. The molecule has 162 valence electrons. The molecule has 0 atom stereocenters. The number of carbonyl (C=O) groups excluding carboxylic acids is 1. The molecule has 2 aromatic carbocycles. The number of aryl methyl sites for hydroxylation is 3. The highest BCUT2D eigenvalue weighted by Crippen LogP contribution is 2.24. The molecule has 0 unspecified atom stereocenters. The van der Waals surface area contributed by atoms with Crippen LogP contribution in [0.1, 0.15) is 29.7 Å². The van der Waals surface area contributed by atoms with E-state index in [1.165, 1.54) is 5.56 Å². The number of rotatable bonds is 8. The summed E-state index contributed by atoms with van der Waals surface area (Å²) in [6.07, 6.45) is 3.47. The molecule has 7 heteroatoms. The molecule has 0 saturated carbocycles. The number of halogens is 1. The number of amides is 1. The van der Waals surface area contributed by atoms with Gasteiger partial charge >= 0.3 is 0 Å². The molecule has 0 aliphatic heterocycles. The topological polar surface area (TPSA) is 75.6 Å². The van der Waals surface area contributed by atoms with Gasteiger partial charge in [0.15, 0.2) is 0 Å². The van der Waals surface area contributed by atoms with Gasteiger partial charge in [0.25, 0.3) is 0 Å². The van der Waals surface area contributed by atoms with Gasteiger partial charge in [-0.1, -0.05) is 41.9 Å². The monoisotopic (exact) mass is 445 g/mol. The molecular formula is C25H24ClN5O. The third kappa shape index (κ3) is 5.01. The molecule has 4 rings (SSSR count). The van der Waals surface area contributed by atoms with Crippen molar-refractivity contribution in [2.75, 3.05) is 5.32 Å². The van der Waals surface area contributed by atoms with E-state index in [0.717, 1.165) is 33.7 Å². The maximum atomic E-state index is 12.7. The Balaban J connectivity index is 1.47. The first-order valence-electron chi connectivity index (χ1n) is 10.6. The van der Waals surface area contributed by atoms with Crippen LogP contribution in [0.15, 0.2) is 60.8 Å². The molecule has 0 saturated heterocycles. The van der Waals surface area contributed by atoms with Gasteiger partial charge in [0.2, 0.25) is 5.91 Å². The molecule has 1 amide bonds. The largest absolute Gasteiger partial charge is 0.343 e. The van der Waals surface area contributed by atoms with Crippen LogP contribution in [0.2, 0.25) is 5.02 Å². The minimum absolute atomic E-state index is 0.0716. The van der Waals surface area contributed by atoms with Gasteiger partial charge in [-0.2, -0.15) is 10.4 Å². The predicted molar refractivity (Wildman–Crippen MR) is 127 cm³/mol. The lowest BCUT2D eigenvalue weighted by atomic mass is 10.1. The number of anilines is 1. The van der Waals surface area contributed by atoms with Crippen LogP contribution in [-0.4, -0.2) is 20.3 Å². The van der Waals surface area contributed by atoms with Crippen molar-refractivity contribution in [3.63, 3.8) is 0 Å². The smallest absolute Gasteiger partial charge is 0.225 e. The van der Waals surface area contributed by atoms with E-state index in [9.17, 15) is 4.79 Å². The van der Waals surface area contributed by atoms with Gasteiger partial charge in [0.05, 0.1) is 24.7 Å². The van der Waals surface area contributed by atoms with Gasteiger partial charge in [-0.15, -0.1) is 0 Å². The average Bonchev–Trinajstić information content (AvgIpc) is 3.32. The van der Waals surface area contributed by atoms with E-state index in [2.05, 4.69) is 39.4 Å². The third-order valence-electron chi connectivity index (χ3n) is 5.36. The summed E-state index contributed by atoms with van der Waals surface area (Å²) in [5.41, 5.74) is 4.26. The SMILES string of the molecule is Cc1cc(NC(=O)CCc2cn(Cc3ccc(Cl)cc3)c3ccccc23)n(CCC#N)n1.